The first-order valence-corrected chi connectivity index (χ1v) is 11.8. The van der Waals surface area contributed by atoms with Crippen LogP contribution in [0.1, 0.15) is 40.5 Å². The maximum absolute atomic E-state index is 12.6. The predicted molar refractivity (Wildman–Crippen MR) is 104 cm³/mol. The van der Waals surface area contributed by atoms with Crippen LogP contribution in [0.3, 0.4) is 0 Å². The normalized spacial score (nSPS) is 36.6. The number of hydrogen-bond acceptors (Lipinski definition) is 8. The molecule has 27 heavy (non-hydrogen) atoms. The van der Waals surface area contributed by atoms with Crippen LogP contribution in [0.5, 0.6) is 0 Å². The third-order valence-electron chi connectivity index (χ3n) is 4.16. The van der Waals surface area contributed by atoms with E-state index in [1.807, 2.05) is 27.7 Å². The molecular weight excluding hydrogens is 389 g/mol. The van der Waals surface area contributed by atoms with Gasteiger partial charge in [-0.2, -0.15) is 0 Å². The zero-order valence-corrected chi connectivity index (χ0v) is 18.0. The summed E-state index contributed by atoms with van der Waals surface area (Å²) in [7, 11) is 11.6. The van der Waals surface area contributed by atoms with Crippen LogP contribution in [0.2, 0.25) is 0 Å². The Balaban J connectivity index is 1.87. The van der Waals surface area contributed by atoms with Crippen molar-refractivity contribution in [3.8, 4) is 0 Å². The molecule has 7 unspecified atom stereocenters. The van der Waals surface area contributed by atoms with Crippen molar-refractivity contribution in [1.29, 1.82) is 0 Å². The molecule has 0 aromatic rings. The van der Waals surface area contributed by atoms with Crippen molar-refractivity contribution < 1.29 is 32.9 Å². The van der Waals surface area contributed by atoms with Gasteiger partial charge in [-0.1, -0.05) is 11.8 Å². The Morgan fingerprint density at radius 3 is 2.11 bits per heavy atom. The lowest BCUT2D eigenvalue weighted by Gasteiger charge is -2.33. The van der Waals surface area contributed by atoms with Crippen molar-refractivity contribution >= 4 is 34.2 Å². The molecule has 0 spiro atoms. The average molecular weight is 417 g/mol. The molecule has 2 aliphatic rings. The Morgan fingerprint density at radius 1 is 1.00 bits per heavy atom. The molecule has 0 bridgehead atoms. The molecule has 4 radical (unpaired) electrons. The second kappa shape index (κ2) is 10.5. The fourth-order valence-corrected chi connectivity index (χ4v) is 4.50. The fourth-order valence-electron chi connectivity index (χ4n) is 3.04. The molecule has 7 nitrogen and oxygen atoms in total. The summed E-state index contributed by atoms with van der Waals surface area (Å²) in [4.78, 5) is 12.6. The van der Waals surface area contributed by atoms with Gasteiger partial charge in [0.2, 0.25) is 0 Å². The summed E-state index contributed by atoms with van der Waals surface area (Å²) in [6.45, 7) is 4.14. The van der Waals surface area contributed by atoms with Crippen LogP contribution in [-0.4, -0.2) is 77.5 Å². The lowest BCUT2D eigenvalue weighted by atomic mass is 9.96. The Bertz CT molecular complexity index is 513. The molecule has 0 aromatic heterocycles. The Hall–Kier alpha value is 0.500. The van der Waals surface area contributed by atoms with Gasteiger partial charge in [0.05, 0.1) is 37.6 Å². The fraction of sp³-hybridized carbons (Fsp3) is 1.00. The Kier molecular flexibility index (Phi) is 9.25. The highest BCUT2D eigenvalue weighted by Gasteiger charge is 2.37. The van der Waals surface area contributed by atoms with E-state index in [0.717, 1.165) is 0 Å². The average Bonchev–Trinajstić information content (AvgIpc) is 3.04. The maximum Gasteiger partial charge on any atom is 0.116 e. The van der Waals surface area contributed by atoms with Gasteiger partial charge in [0.25, 0.3) is 0 Å². The Morgan fingerprint density at radius 2 is 1.56 bits per heavy atom. The van der Waals surface area contributed by atoms with Crippen molar-refractivity contribution in [2.24, 2.45) is 0 Å². The summed E-state index contributed by atoms with van der Waals surface area (Å²) in [5.74, 6) is 0. The second-order valence-electron chi connectivity index (χ2n) is 7.39. The molecule has 0 N–H and O–H groups in total. The zero-order chi connectivity index (χ0) is 20.2. The third-order valence-corrected chi connectivity index (χ3v) is 5.73. The maximum atomic E-state index is 12.6. The minimum atomic E-state index is -3.77. The number of ether oxygens (including phenoxy) is 4. The minimum Gasteiger partial charge on any atom is -0.780 e. The standard InChI is InChI=1S/C16H29B2O7PS/c1-9(2)20-7-13-12(6-16(18)23-13)25-26(19,27)21-8-14-11(22-10(3)4)5-15(17)24-14/h9-16H,5-8H2,1-4H3,(H,19,27)/p-1. The van der Waals surface area contributed by atoms with E-state index >= 15 is 0 Å². The van der Waals surface area contributed by atoms with Gasteiger partial charge >= 0.3 is 0 Å². The van der Waals surface area contributed by atoms with Crippen molar-refractivity contribution in [2.75, 3.05) is 13.2 Å². The zero-order valence-electron chi connectivity index (χ0n) is 16.3. The van der Waals surface area contributed by atoms with Crippen LogP contribution in [0.4, 0.5) is 0 Å². The molecule has 2 rings (SSSR count). The Labute approximate surface area is 169 Å². The number of rotatable bonds is 10. The smallest absolute Gasteiger partial charge is 0.116 e. The van der Waals surface area contributed by atoms with Gasteiger partial charge in [0, 0.05) is 12.0 Å². The van der Waals surface area contributed by atoms with E-state index in [1.165, 1.54) is 0 Å². The quantitative estimate of drug-likeness (QED) is 0.381. The molecule has 0 saturated carbocycles. The van der Waals surface area contributed by atoms with E-state index in [9.17, 15) is 4.89 Å². The van der Waals surface area contributed by atoms with Gasteiger partial charge in [0.1, 0.15) is 34.6 Å². The van der Waals surface area contributed by atoms with Crippen molar-refractivity contribution in [3.05, 3.63) is 0 Å². The summed E-state index contributed by atoms with van der Waals surface area (Å²) < 4.78 is 33.4. The molecule has 7 atom stereocenters. The van der Waals surface area contributed by atoms with Crippen LogP contribution in [0.15, 0.2) is 0 Å². The van der Waals surface area contributed by atoms with Gasteiger partial charge < -0.3 is 32.9 Å². The van der Waals surface area contributed by atoms with Crippen molar-refractivity contribution in [2.45, 2.75) is 89.2 Å². The lowest BCUT2D eigenvalue weighted by Crippen LogP contribution is -2.33. The molecule has 2 saturated heterocycles. The highest BCUT2D eigenvalue weighted by Crippen LogP contribution is 2.44. The SMILES string of the molecule is [B]C1CC(OC(C)C)C(COP([O-])(=S)OC2CC([B])OC2COC(C)C)O1. The van der Waals surface area contributed by atoms with Crippen molar-refractivity contribution in [1.82, 2.24) is 0 Å². The minimum absolute atomic E-state index is 0.0109. The topological polar surface area (TPSA) is 78.4 Å². The second-order valence-corrected chi connectivity index (χ2v) is 10.1. The highest BCUT2D eigenvalue weighted by atomic mass is 32.5. The van der Waals surface area contributed by atoms with E-state index in [4.69, 9.17) is 55.5 Å². The van der Waals surface area contributed by atoms with E-state index in [1.54, 1.807) is 0 Å². The van der Waals surface area contributed by atoms with Gasteiger partial charge in [-0.15, -0.1) is 0 Å². The van der Waals surface area contributed by atoms with E-state index in [0.29, 0.717) is 12.8 Å². The first kappa shape index (κ1) is 23.8. The largest absolute Gasteiger partial charge is 0.780 e. The summed E-state index contributed by atoms with van der Waals surface area (Å²) in [6.07, 6.45) is -0.771. The number of hydrogen-bond donors (Lipinski definition) is 0. The molecule has 152 valence electrons. The molecule has 0 aliphatic carbocycles. The van der Waals surface area contributed by atoms with Crippen molar-refractivity contribution in [3.63, 3.8) is 0 Å². The van der Waals surface area contributed by atoms with E-state index in [2.05, 4.69) is 0 Å². The van der Waals surface area contributed by atoms with Crippen LogP contribution in [-0.2, 0) is 39.8 Å². The van der Waals surface area contributed by atoms with Gasteiger partial charge in [-0.3, -0.25) is 0 Å². The first-order valence-electron chi connectivity index (χ1n) is 9.29. The van der Waals surface area contributed by atoms with Gasteiger partial charge in [0.15, 0.2) is 0 Å². The molecule has 0 amide bonds. The third kappa shape index (κ3) is 8.03. The summed E-state index contributed by atoms with van der Waals surface area (Å²) >= 11 is 5.04. The van der Waals surface area contributed by atoms with E-state index in [-0.39, 0.29) is 31.5 Å². The lowest BCUT2D eigenvalue weighted by molar-refractivity contribution is -0.215. The van der Waals surface area contributed by atoms with Gasteiger partial charge in [-0.05, 0) is 40.5 Å². The molecule has 2 fully saturated rings. The predicted octanol–water partition coefficient (Wildman–Crippen LogP) is 0.759. The van der Waals surface area contributed by atoms with Crippen LogP contribution < -0.4 is 4.89 Å². The van der Waals surface area contributed by atoms with Crippen LogP contribution >= 0.6 is 6.72 Å². The summed E-state index contributed by atoms with van der Waals surface area (Å²) in [6, 6.07) is -0.975. The monoisotopic (exact) mass is 417 g/mol. The van der Waals surface area contributed by atoms with E-state index < -0.39 is 37.0 Å². The summed E-state index contributed by atoms with van der Waals surface area (Å²) in [5, 5.41) is 0. The molecule has 11 heteroatoms. The van der Waals surface area contributed by atoms with Crippen LogP contribution in [0.25, 0.3) is 0 Å². The first-order chi connectivity index (χ1) is 12.6. The molecule has 2 heterocycles. The summed E-state index contributed by atoms with van der Waals surface area (Å²) in [5.41, 5.74) is 0. The molecule has 0 aromatic carbocycles. The molecular formula is C16H28B2O7PS-. The molecule has 2 aliphatic heterocycles. The highest BCUT2D eigenvalue weighted by molar-refractivity contribution is 8.06. The van der Waals surface area contributed by atoms with Gasteiger partial charge in [-0.25, -0.2) is 0 Å². The van der Waals surface area contributed by atoms with Crippen LogP contribution in [0, 0.1) is 0 Å².